The third kappa shape index (κ3) is 3.48. The molecular weight excluding hydrogens is 334 g/mol. The van der Waals surface area contributed by atoms with Gasteiger partial charge in [-0.2, -0.15) is 9.97 Å². The normalized spacial score (nSPS) is 11.7. The summed E-state index contributed by atoms with van der Waals surface area (Å²) < 4.78 is 10.8. The van der Waals surface area contributed by atoms with E-state index in [-0.39, 0.29) is 17.6 Å². The number of nitrogens with one attached hydrogen (secondary N) is 1. The number of amides is 1. The number of carbonyl (C=O) groups excluding carboxylic acids is 1. The van der Waals surface area contributed by atoms with Crippen LogP contribution in [0.1, 0.15) is 26.5 Å². The van der Waals surface area contributed by atoms with E-state index in [0.29, 0.717) is 16.9 Å². The first-order valence-electron chi connectivity index (χ1n) is 7.23. The first kappa shape index (κ1) is 16.3. The van der Waals surface area contributed by atoms with Crippen LogP contribution in [0.15, 0.2) is 29.1 Å². The Morgan fingerprint density at radius 2 is 2.21 bits per heavy atom. The van der Waals surface area contributed by atoms with E-state index in [1.54, 1.807) is 32.9 Å². The Kier molecular flexibility index (Phi) is 4.15. The number of fused-ring (bicyclic) bond motifs is 1. The SMILES string of the molecule is CC(C)(C)OC(=O)N(Cc1ccco1)c1nc(Cl)nc2nc[nH]c12. The summed E-state index contributed by atoms with van der Waals surface area (Å²) in [5, 5.41) is -0.0161. The number of rotatable bonds is 3. The van der Waals surface area contributed by atoms with Crippen LogP contribution in [-0.2, 0) is 11.3 Å². The molecule has 0 bridgehead atoms. The molecule has 0 spiro atoms. The number of carbonyl (C=O) groups is 1. The van der Waals surface area contributed by atoms with E-state index < -0.39 is 11.7 Å². The van der Waals surface area contributed by atoms with Crippen LogP contribution in [0.5, 0.6) is 0 Å². The summed E-state index contributed by atoms with van der Waals surface area (Å²) in [6.45, 7) is 5.49. The standard InChI is InChI=1S/C15H16ClN5O3/c1-15(2,3)24-14(22)21(7-9-5-4-6-23-9)12-10-11(18-8-17-10)19-13(16)20-12/h4-6,8H,7H2,1-3H3,(H,17,18,19,20). The minimum Gasteiger partial charge on any atom is -0.467 e. The molecule has 8 nitrogen and oxygen atoms in total. The number of imidazole rings is 1. The molecule has 1 N–H and O–H groups in total. The molecule has 0 saturated carbocycles. The van der Waals surface area contributed by atoms with Gasteiger partial charge >= 0.3 is 6.09 Å². The molecule has 0 fully saturated rings. The highest BCUT2D eigenvalue weighted by Crippen LogP contribution is 2.26. The molecule has 1 amide bonds. The van der Waals surface area contributed by atoms with Gasteiger partial charge in [0.2, 0.25) is 5.28 Å². The predicted octanol–water partition coefficient (Wildman–Crippen LogP) is 3.54. The number of hydrogen-bond acceptors (Lipinski definition) is 6. The average Bonchev–Trinajstić information content (AvgIpc) is 3.12. The Bertz CT molecular complexity index is 854. The molecule has 0 radical (unpaired) electrons. The van der Waals surface area contributed by atoms with Crippen LogP contribution in [0.3, 0.4) is 0 Å². The van der Waals surface area contributed by atoms with Crippen LogP contribution in [0.2, 0.25) is 5.28 Å². The summed E-state index contributed by atoms with van der Waals surface area (Å²) in [5.41, 5.74) is 0.178. The van der Waals surface area contributed by atoms with Crippen molar-refractivity contribution in [1.82, 2.24) is 19.9 Å². The molecule has 3 heterocycles. The largest absolute Gasteiger partial charge is 0.467 e. The number of aromatic amines is 1. The number of hydrogen-bond donors (Lipinski definition) is 1. The van der Waals surface area contributed by atoms with Crippen LogP contribution < -0.4 is 4.90 Å². The van der Waals surface area contributed by atoms with E-state index >= 15 is 0 Å². The molecule has 24 heavy (non-hydrogen) atoms. The summed E-state index contributed by atoms with van der Waals surface area (Å²) in [7, 11) is 0. The Balaban J connectivity index is 2.05. The molecule has 126 valence electrons. The van der Waals surface area contributed by atoms with Gasteiger partial charge in [-0.3, -0.25) is 4.90 Å². The van der Waals surface area contributed by atoms with Gasteiger partial charge in [-0.1, -0.05) is 0 Å². The van der Waals surface area contributed by atoms with E-state index in [0.717, 1.165) is 0 Å². The summed E-state index contributed by atoms with van der Waals surface area (Å²) in [6, 6.07) is 3.49. The fourth-order valence-corrected chi connectivity index (χ4v) is 2.25. The lowest BCUT2D eigenvalue weighted by atomic mass is 10.2. The van der Waals surface area contributed by atoms with Gasteiger partial charge < -0.3 is 14.1 Å². The maximum Gasteiger partial charge on any atom is 0.416 e. The lowest BCUT2D eigenvalue weighted by molar-refractivity contribution is 0.0574. The first-order valence-corrected chi connectivity index (χ1v) is 7.61. The van der Waals surface area contributed by atoms with E-state index in [1.807, 2.05) is 0 Å². The van der Waals surface area contributed by atoms with E-state index in [1.165, 1.54) is 17.5 Å². The number of H-pyrrole nitrogens is 1. The maximum absolute atomic E-state index is 12.7. The number of aromatic nitrogens is 4. The number of nitrogens with zero attached hydrogens (tertiary/aromatic N) is 4. The quantitative estimate of drug-likeness (QED) is 0.726. The second-order valence-corrected chi connectivity index (χ2v) is 6.40. The zero-order valence-corrected chi connectivity index (χ0v) is 14.2. The highest BCUT2D eigenvalue weighted by atomic mass is 35.5. The Hall–Kier alpha value is -2.61. The molecule has 9 heteroatoms. The summed E-state index contributed by atoms with van der Waals surface area (Å²) in [6.07, 6.45) is 2.41. The molecule has 0 atom stereocenters. The van der Waals surface area contributed by atoms with Crippen molar-refractivity contribution in [3.05, 3.63) is 35.8 Å². The molecule has 0 aliphatic carbocycles. The molecule has 0 aromatic carbocycles. The molecule has 0 saturated heterocycles. The van der Waals surface area contributed by atoms with Crippen LogP contribution in [-0.4, -0.2) is 31.6 Å². The van der Waals surface area contributed by atoms with E-state index in [9.17, 15) is 4.79 Å². The smallest absolute Gasteiger partial charge is 0.416 e. The van der Waals surface area contributed by atoms with Gasteiger partial charge in [-0.15, -0.1) is 0 Å². The Morgan fingerprint density at radius 1 is 1.42 bits per heavy atom. The average molecular weight is 350 g/mol. The van der Waals surface area contributed by atoms with E-state index in [2.05, 4.69) is 19.9 Å². The van der Waals surface area contributed by atoms with Crippen LogP contribution in [0.25, 0.3) is 11.2 Å². The van der Waals surface area contributed by atoms with Crippen LogP contribution in [0.4, 0.5) is 10.6 Å². The van der Waals surface area contributed by atoms with Gasteiger partial charge in [0.1, 0.15) is 16.9 Å². The van der Waals surface area contributed by atoms with Crippen molar-refractivity contribution < 1.29 is 13.9 Å². The second kappa shape index (κ2) is 6.12. The van der Waals surface area contributed by atoms with Crippen molar-refractivity contribution in [2.45, 2.75) is 32.9 Å². The molecule has 3 aromatic rings. The third-order valence-corrected chi connectivity index (χ3v) is 3.17. The Morgan fingerprint density at radius 3 is 2.88 bits per heavy atom. The third-order valence-electron chi connectivity index (χ3n) is 3.00. The van der Waals surface area contributed by atoms with Crippen molar-refractivity contribution in [2.75, 3.05) is 4.90 Å². The van der Waals surface area contributed by atoms with Crippen molar-refractivity contribution in [3.8, 4) is 0 Å². The monoisotopic (exact) mass is 349 g/mol. The number of anilines is 1. The zero-order chi connectivity index (χ0) is 17.3. The van der Waals surface area contributed by atoms with Gasteiger partial charge in [-0.25, -0.2) is 9.78 Å². The summed E-state index contributed by atoms with van der Waals surface area (Å²) in [4.78, 5) is 29.2. The Labute approximate surface area is 142 Å². The molecule has 3 rings (SSSR count). The summed E-state index contributed by atoms with van der Waals surface area (Å²) >= 11 is 5.97. The van der Waals surface area contributed by atoms with Crippen molar-refractivity contribution in [1.29, 1.82) is 0 Å². The molecule has 0 aliphatic heterocycles. The molecule has 3 aromatic heterocycles. The first-order chi connectivity index (χ1) is 11.3. The van der Waals surface area contributed by atoms with Crippen molar-refractivity contribution in [2.24, 2.45) is 0 Å². The molecule has 0 aliphatic rings. The van der Waals surface area contributed by atoms with E-state index in [4.69, 9.17) is 20.8 Å². The predicted molar refractivity (Wildman–Crippen MR) is 87.8 cm³/mol. The number of furan rings is 1. The second-order valence-electron chi connectivity index (χ2n) is 6.06. The van der Waals surface area contributed by atoms with Crippen molar-refractivity contribution >= 4 is 34.7 Å². The number of halogens is 1. The molecular formula is C15H16ClN5O3. The van der Waals surface area contributed by atoms with Crippen LogP contribution >= 0.6 is 11.6 Å². The van der Waals surface area contributed by atoms with Gasteiger partial charge in [0.05, 0.1) is 19.1 Å². The minimum absolute atomic E-state index is 0.0161. The summed E-state index contributed by atoms with van der Waals surface area (Å²) in [5.74, 6) is 0.844. The minimum atomic E-state index is -0.664. The lowest BCUT2D eigenvalue weighted by Crippen LogP contribution is -2.37. The highest BCUT2D eigenvalue weighted by Gasteiger charge is 2.28. The van der Waals surface area contributed by atoms with Crippen molar-refractivity contribution in [3.63, 3.8) is 0 Å². The van der Waals surface area contributed by atoms with Gasteiger partial charge in [0.15, 0.2) is 11.5 Å². The number of ether oxygens (including phenoxy) is 1. The maximum atomic E-state index is 12.7. The van der Waals surface area contributed by atoms with Gasteiger partial charge in [0.25, 0.3) is 0 Å². The highest BCUT2D eigenvalue weighted by molar-refractivity contribution is 6.28. The fraction of sp³-hybridized carbons (Fsp3) is 0.333. The zero-order valence-electron chi connectivity index (χ0n) is 13.4. The molecule has 0 unspecified atom stereocenters. The fourth-order valence-electron chi connectivity index (χ4n) is 2.09. The topological polar surface area (TPSA) is 97.1 Å². The van der Waals surface area contributed by atoms with Crippen LogP contribution in [0, 0.1) is 0 Å². The van der Waals surface area contributed by atoms with Gasteiger partial charge in [-0.05, 0) is 44.5 Å². The van der Waals surface area contributed by atoms with Gasteiger partial charge in [0, 0.05) is 0 Å². The lowest BCUT2D eigenvalue weighted by Gasteiger charge is -2.26.